The largest absolute Gasteiger partial charge is 0.573 e. The number of alkyl halides is 3. The molecule has 2 aromatic carbocycles. The minimum atomic E-state index is -4.80. The van der Waals surface area contributed by atoms with Crippen molar-refractivity contribution in [1.29, 1.82) is 0 Å². The van der Waals surface area contributed by atoms with Crippen LogP contribution < -0.4 is 4.74 Å². The standard InChI is InChI=1S/C14H7BrF4O2/c15-11-3-1-2-10(12(11)16)13(20)8-4-6-9(7-5-8)21-14(17,18)19/h1-7H. The number of ketones is 1. The summed E-state index contributed by atoms with van der Waals surface area (Å²) in [6.07, 6.45) is -4.80. The third-order valence-electron chi connectivity index (χ3n) is 2.55. The molecule has 0 bridgehead atoms. The van der Waals surface area contributed by atoms with E-state index in [1.54, 1.807) is 0 Å². The zero-order chi connectivity index (χ0) is 15.6. The number of ether oxygens (including phenoxy) is 1. The molecule has 0 fully saturated rings. The van der Waals surface area contributed by atoms with Gasteiger partial charge in [-0.05, 0) is 52.3 Å². The van der Waals surface area contributed by atoms with Crippen LogP contribution >= 0.6 is 15.9 Å². The summed E-state index contributed by atoms with van der Waals surface area (Å²) >= 11 is 2.96. The van der Waals surface area contributed by atoms with Crippen LogP contribution in [0.5, 0.6) is 5.75 Å². The maximum Gasteiger partial charge on any atom is 0.573 e. The Morgan fingerprint density at radius 3 is 2.24 bits per heavy atom. The van der Waals surface area contributed by atoms with E-state index in [2.05, 4.69) is 20.7 Å². The first-order valence-electron chi connectivity index (χ1n) is 5.62. The zero-order valence-corrected chi connectivity index (χ0v) is 11.8. The molecular formula is C14H7BrF4O2. The number of hydrogen-bond acceptors (Lipinski definition) is 2. The Hall–Kier alpha value is -1.89. The van der Waals surface area contributed by atoms with E-state index in [-0.39, 0.29) is 15.6 Å². The fraction of sp³-hybridized carbons (Fsp3) is 0.0714. The summed E-state index contributed by atoms with van der Waals surface area (Å²) in [7, 11) is 0. The maximum absolute atomic E-state index is 13.8. The third kappa shape index (κ3) is 3.81. The fourth-order valence-electron chi connectivity index (χ4n) is 1.64. The van der Waals surface area contributed by atoms with Gasteiger partial charge >= 0.3 is 6.36 Å². The van der Waals surface area contributed by atoms with E-state index in [0.717, 1.165) is 24.3 Å². The molecule has 2 nitrogen and oxygen atoms in total. The summed E-state index contributed by atoms with van der Waals surface area (Å²) in [5, 5.41) is 0. The Balaban J connectivity index is 2.26. The average Bonchev–Trinajstić information content (AvgIpc) is 2.40. The van der Waals surface area contributed by atoms with Gasteiger partial charge in [0.25, 0.3) is 0 Å². The number of carbonyl (C=O) groups excluding carboxylic acids is 1. The molecule has 0 aliphatic heterocycles. The van der Waals surface area contributed by atoms with Gasteiger partial charge in [0, 0.05) is 5.56 Å². The smallest absolute Gasteiger partial charge is 0.406 e. The van der Waals surface area contributed by atoms with Crippen LogP contribution in [-0.2, 0) is 0 Å². The lowest BCUT2D eigenvalue weighted by Gasteiger charge is -2.09. The molecule has 0 amide bonds. The molecule has 0 atom stereocenters. The maximum atomic E-state index is 13.8. The first-order valence-corrected chi connectivity index (χ1v) is 6.42. The van der Waals surface area contributed by atoms with E-state index in [1.807, 2.05) is 0 Å². The highest BCUT2D eigenvalue weighted by Crippen LogP contribution is 2.25. The second kappa shape index (κ2) is 5.85. The molecule has 0 N–H and O–H groups in total. The highest BCUT2D eigenvalue weighted by atomic mass is 79.9. The number of carbonyl (C=O) groups is 1. The lowest BCUT2D eigenvalue weighted by atomic mass is 10.0. The van der Waals surface area contributed by atoms with Crippen molar-refractivity contribution in [1.82, 2.24) is 0 Å². The zero-order valence-electron chi connectivity index (χ0n) is 10.2. The van der Waals surface area contributed by atoms with Gasteiger partial charge in [0.05, 0.1) is 10.0 Å². The molecule has 0 aliphatic carbocycles. The van der Waals surface area contributed by atoms with Gasteiger partial charge in [-0.3, -0.25) is 4.79 Å². The van der Waals surface area contributed by atoms with Crippen molar-refractivity contribution >= 4 is 21.7 Å². The summed E-state index contributed by atoms with van der Waals surface area (Å²) in [5.74, 6) is -1.81. The molecular weight excluding hydrogens is 356 g/mol. The van der Waals surface area contributed by atoms with Crippen molar-refractivity contribution in [2.75, 3.05) is 0 Å². The topological polar surface area (TPSA) is 26.3 Å². The molecule has 2 aromatic rings. The molecule has 7 heteroatoms. The van der Waals surface area contributed by atoms with Gasteiger partial charge in [-0.15, -0.1) is 13.2 Å². The van der Waals surface area contributed by atoms with Gasteiger partial charge in [-0.2, -0.15) is 0 Å². The van der Waals surface area contributed by atoms with Crippen LogP contribution in [0, 0.1) is 5.82 Å². The number of hydrogen-bond donors (Lipinski definition) is 0. The lowest BCUT2D eigenvalue weighted by molar-refractivity contribution is -0.274. The van der Waals surface area contributed by atoms with Crippen molar-refractivity contribution in [2.24, 2.45) is 0 Å². The van der Waals surface area contributed by atoms with E-state index in [4.69, 9.17) is 0 Å². The first-order chi connectivity index (χ1) is 9.78. The molecule has 0 unspecified atom stereocenters. The Morgan fingerprint density at radius 1 is 1.05 bits per heavy atom. The van der Waals surface area contributed by atoms with Crippen LogP contribution in [0.25, 0.3) is 0 Å². The van der Waals surface area contributed by atoms with Crippen molar-refractivity contribution in [3.8, 4) is 5.75 Å². The fourth-order valence-corrected chi connectivity index (χ4v) is 2.01. The van der Waals surface area contributed by atoms with Gasteiger partial charge < -0.3 is 4.74 Å². The molecule has 0 spiro atoms. The molecule has 2 rings (SSSR count). The van der Waals surface area contributed by atoms with E-state index < -0.39 is 23.7 Å². The van der Waals surface area contributed by atoms with Gasteiger partial charge in [0.15, 0.2) is 5.78 Å². The molecule has 0 saturated carbocycles. The van der Waals surface area contributed by atoms with Crippen molar-refractivity contribution in [3.05, 3.63) is 63.9 Å². The summed E-state index contributed by atoms with van der Waals surface area (Å²) in [6, 6.07) is 8.50. The van der Waals surface area contributed by atoms with E-state index >= 15 is 0 Å². The Labute approximate surface area is 125 Å². The molecule has 0 radical (unpaired) electrons. The van der Waals surface area contributed by atoms with Crippen LogP contribution in [-0.4, -0.2) is 12.1 Å². The molecule has 0 aromatic heterocycles. The van der Waals surface area contributed by atoms with Gasteiger partial charge in [0.1, 0.15) is 11.6 Å². The average molecular weight is 363 g/mol. The summed E-state index contributed by atoms with van der Waals surface area (Å²) in [4.78, 5) is 12.1. The van der Waals surface area contributed by atoms with Gasteiger partial charge in [-0.1, -0.05) is 6.07 Å². The van der Waals surface area contributed by atoms with Crippen LogP contribution in [0.15, 0.2) is 46.9 Å². The van der Waals surface area contributed by atoms with Gasteiger partial charge in [0.2, 0.25) is 0 Å². The van der Waals surface area contributed by atoms with Crippen LogP contribution in [0.3, 0.4) is 0 Å². The van der Waals surface area contributed by atoms with Crippen LogP contribution in [0.1, 0.15) is 15.9 Å². The Bertz CT molecular complexity index is 666. The van der Waals surface area contributed by atoms with Crippen molar-refractivity contribution in [2.45, 2.75) is 6.36 Å². The number of halogens is 5. The highest BCUT2D eigenvalue weighted by molar-refractivity contribution is 9.10. The Morgan fingerprint density at radius 2 is 1.67 bits per heavy atom. The van der Waals surface area contributed by atoms with E-state index in [1.165, 1.54) is 18.2 Å². The second-order valence-corrected chi connectivity index (χ2v) is 4.86. The lowest BCUT2D eigenvalue weighted by Crippen LogP contribution is -2.17. The molecule has 21 heavy (non-hydrogen) atoms. The Kier molecular flexibility index (Phi) is 4.32. The molecule has 110 valence electrons. The monoisotopic (exact) mass is 362 g/mol. The summed E-state index contributed by atoms with van der Waals surface area (Å²) in [6.45, 7) is 0. The third-order valence-corrected chi connectivity index (χ3v) is 3.16. The van der Waals surface area contributed by atoms with E-state index in [9.17, 15) is 22.4 Å². The minimum Gasteiger partial charge on any atom is -0.406 e. The minimum absolute atomic E-state index is 0.0570. The number of benzene rings is 2. The quantitative estimate of drug-likeness (QED) is 0.583. The van der Waals surface area contributed by atoms with Gasteiger partial charge in [-0.25, -0.2) is 4.39 Å². The van der Waals surface area contributed by atoms with E-state index in [0.29, 0.717) is 0 Å². The van der Waals surface area contributed by atoms with Crippen molar-refractivity contribution < 1.29 is 27.1 Å². The number of rotatable bonds is 3. The normalized spacial score (nSPS) is 11.3. The molecule has 0 heterocycles. The summed E-state index contributed by atoms with van der Waals surface area (Å²) < 4.78 is 53.7. The van der Waals surface area contributed by atoms with Crippen molar-refractivity contribution in [3.63, 3.8) is 0 Å². The molecule has 0 aliphatic rings. The molecule has 0 saturated heterocycles. The van der Waals surface area contributed by atoms with Crippen LogP contribution in [0.4, 0.5) is 17.6 Å². The van der Waals surface area contributed by atoms with Crippen LogP contribution in [0.2, 0.25) is 0 Å². The highest BCUT2D eigenvalue weighted by Gasteiger charge is 2.31. The first kappa shape index (κ1) is 15.5. The predicted molar refractivity (Wildman–Crippen MR) is 70.7 cm³/mol. The summed E-state index contributed by atoms with van der Waals surface area (Å²) in [5.41, 5.74) is -0.115. The predicted octanol–water partition coefficient (Wildman–Crippen LogP) is 4.72. The second-order valence-electron chi connectivity index (χ2n) is 4.00. The SMILES string of the molecule is O=C(c1ccc(OC(F)(F)F)cc1)c1cccc(Br)c1F.